The van der Waals surface area contributed by atoms with Crippen molar-refractivity contribution < 1.29 is 9.59 Å². The third-order valence-electron chi connectivity index (χ3n) is 5.51. The smallest absolute Gasteiger partial charge is 0.212 e. The molecule has 2 aromatic rings. The largest absolute Gasteiger partial charge is 0.303 e. The van der Waals surface area contributed by atoms with Gasteiger partial charge in [0.05, 0.1) is 5.56 Å². The summed E-state index contributed by atoms with van der Waals surface area (Å²) in [6.45, 7) is 10.2. The average molecular weight is 349 g/mol. The van der Waals surface area contributed by atoms with E-state index in [2.05, 4.69) is 28.6 Å². The van der Waals surface area contributed by atoms with Gasteiger partial charge in [0.1, 0.15) is 5.69 Å². The molecule has 0 radical (unpaired) electrons. The van der Waals surface area contributed by atoms with E-state index >= 15 is 0 Å². The number of rotatable bonds is 5. The zero-order valence-corrected chi connectivity index (χ0v) is 15.3. The molecule has 134 valence electrons. The minimum atomic E-state index is -0.139. The van der Waals surface area contributed by atoms with Gasteiger partial charge in [0.25, 0.3) is 0 Å². The van der Waals surface area contributed by atoms with E-state index in [9.17, 15) is 9.59 Å². The number of hydrogen-bond donors (Lipinski definition) is 0. The lowest BCUT2D eigenvalue weighted by Crippen LogP contribution is -2.32. The van der Waals surface area contributed by atoms with E-state index in [1.807, 2.05) is 12.1 Å². The molecule has 5 nitrogen and oxygen atoms in total. The van der Waals surface area contributed by atoms with Crippen molar-refractivity contribution in [3.63, 3.8) is 0 Å². The molecule has 2 aliphatic rings. The average Bonchev–Trinajstić information content (AvgIpc) is 3.07. The Morgan fingerprint density at radius 3 is 2.31 bits per heavy atom. The topological polar surface area (TPSA) is 53.5 Å². The van der Waals surface area contributed by atoms with Crippen molar-refractivity contribution in [2.24, 2.45) is 0 Å². The molecule has 0 unspecified atom stereocenters. The standard InChI is InChI=1S/C21H23N3O2/c1-3-23(4-2)8-9-24-12-14-10-17-18(11-15(14)13-24)21(26)19-16(20(17)25)6-5-7-22-19/h5-7,10-11H,3-4,8-9,12-13H2,1-2H3. The van der Waals surface area contributed by atoms with E-state index < -0.39 is 0 Å². The molecular formula is C21H23N3O2. The first-order chi connectivity index (χ1) is 12.6. The second kappa shape index (κ2) is 6.74. The van der Waals surface area contributed by atoms with Gasteiger partial charge in [0.15, 0.2) is 5.78 Å². The Hall–Kier alpha value is -2.37. The number of ketones is 2. The SMILES string of the molecule is CCN(CC)CCN1Cc2cc3c(cc2C1)C(=O)c1ncccc1C3=O. The van der Waals surface area contributed by atoms with Gasteiger partial charge in [-0.1, -0.05) is 13.8 Å². The van der Waals surface area contributed by atoms with E-state index in [1.165, 1.54) is 0 Å². The van der Waals surface area contributed by atoms with Crippen LogP contribution in [-0.2, 0) is 13.1 Å². The molecular weight excluding hydrogens is 326 g/mol. The van der Waals surface area contributed by atoms with E-state index in [1.54, 1.807) is 18.3 Å². The predicted molar refractivity (Wildman–Crippen MR) is 99.4 cm³/mol. The number of aromatic nitrogens is 1. The molecule has 26 heavy (non-hydrogen) atoms. The minimum absolute atomic E-state index is 0.0907. The summed E-state index contributed by atoms with van der Waals surface area (Å²) in [5.41, 5.74) is 4.05. The molecule has 1 aliphatic carbocycles. The third kappa shape index (κ3) is 2.77. The van der Waals surface area contributed by atoms with Crippen LogP contribution in [0.5, 0.6) is 0 Å². The molecule has 0 amide bonds. The molecule has 0 fully saturated rings. The molecule has 0 atom stereocenters. The van der Waals surface area contributed by atoms with Crippen molar-refractivity contribution in [3.05, 3.63) is 64.0 Å². The van der Waals surface area contributed by atoms with Gasteiger partial charge < -0.3 is 4.90 Å². The number of benzene rings is 1. The van der Waals surface area contributed by atoms with Gasteiger partial charge >= 0.3 is 0 Å². The summed E-state index contributed by atoms with van der Waals surface area (Å²) in [5, 5.41) is 0. The molecule has 4 rings (SSSR count). The Morgan fingerprint density at radius 2 is 1.65 bits per heavy atom. The fourth-order valence-electron chi connectivity index (χ4n) is 3.92. The van der Waals surface area contributed by atoms with Crippen molar-refractivity contribution >= 4 is 11.6 Å². The van der Waals surface area contributed by atoms with Crippen LogP contribution in [0.4, 0.5) is 0 Å². The van der Waals surface area contributed by atoms with Crippen LogP contribution in [-0.4, -0.2) is 52.5 Å². The van der Waals surface area contributed by atoms with Gasteiger partial charge in [-0.15, -0.1) is 0 Å². The highest BCUT2D eigenvalue weighted by molar-refractivity contribution is 6.27. The Labute approximate surface area is 153 Å². The number of pyridine rings is 1. The third-order valence-corrected chi connectivity index (χ3v) is 5.51. The van der Waals surface area contributed by atoms with Crippen LogP contribution in [0.2, 0.25) is 0 Å². The summed E-state index contributed by atoms with van der Waals surface area (Å²) in [6.07, 6.45) is 1.57. The monoisotopic (exact) mass is 349 g/mol. The molecule has 2 heterocycles. The Bertz CT molecular complexity index is 823. The maximum Gasteiger partial charge on any atom is 0.212 e. The van der Waals surface area contributed by atoms with Crippen molar-refractivity contribution in [1.29, 1.82) is 0 Å². The molecule has 0 N–H and O–H groups in total. The molecule has 5 heteroatoms. The number of carbonyl (C=O) groups is 2. The zero-order valence-electron chi connectivity index (χ0n) is 15.3. The van der Waals surface area contributed by atoms with Crippen molar-refractivity contribution in [3.8, 4) is 0 Å². The second-order valence-electron chi connectivity index (χ2n) is 6.96. The van der Waals surface area contributed by atoms with Crippen LogP contribution in [0.25, 0.3) is 0 Å². The number of nitrogens with zero attached hydrogens (tertiary/aromatic N) is 3. The maximum absolute atomic E-state index is 12.8. The molecule has 1 aromatic heterocycles. The minimum Gasteiger partial charge on any atom is -0.303 e. The summed E-state index contributed by atoms with van der Waals surface area (Å²) in [5.74, 6) is -0.230. The summed E-state index contributed by atoms with van der Waals surface area (Å²) < 4.78 is 0. The summed E-state index contributed by atoms with van der Waals surface area (Å²) >= 11 is 0. The first kappa shape index (κ1) is 17.1. The lowest BCUT2D eigenvalue weighted by Gasteiger charge is -2.22. The Morgan fingerprint density at radius 1 is 1.00 bits per heavy atom. The molecule has 0 spiro atoms. The number of likely N-dealkylation sites (N-methyl/N-ethyl adjacent to an activating group) is 1. The highest BCUT2D eigenvalue weighted by Crippen LogP contribution is 2.32. The van der Waals surface area contributed by atoms with E-state index in [0.717, 1.165) is 50.4 Å². The van der Waals surface area contributed by atoms with Gasteiger partial charge in [-0.2, -0.15) is 0 Å². The van der Waals surface area contributed by atoms with Crippen LogP contribution in [0.15, 0.2) is 30.5 Å². The Kier molecular flexibility index (Phi) is 4.42. The van der Waals surface area contributed by atoms with Gasteiger partial charge in [0, 0.05) is 43.5 Å². The van der Waals surface area contributed by atoms with Crippen molar-refractivity contribution in [2.45, 2.75) is 26.9 Å². The molecule has 1 aromatic carbocycles. The number of hydrogen-bond acceptors (Lipinski definition) is 5. The Balaban J connectivity index is 1.60. The lowest BCUT2D eigenvalue weighted by molar-refractivity contribution is 0.0975. The van der Waals surface area contributed by atoms with Crippen molar-refractivity contribution in [1.82, 2.24) is 14.8 Å². The quantitative estimate of drug-likeness (QED) is 0.708. The molecule has 0 saturated heterocycles. The molecule has 0 bridgehead atoms. The van der Waals surface area contributed by atoms with Crippen LogP contribution in [0, 0.1) is 0 Å². The first-order valence-electron chi connectivity index (χ1n) is 9.27. The van der Waals surface area contributed by atoms with E-state index in [4.69, 9.17) is 0 Å². The van der Waals surface area contributed by atoms with Gasteiger partial charge in [-0.25, -0.2) is 0 Å². The fourth-order valence-corrected chi connectivity index (χ4v) is 3.92. The van der Waals surface area contributed by atoms with Gasteiger partial charge in [0.2, 0.25) is 5.78 Å². The highest BCUT2D eigenvalue weighted by Gasteiger charge is 2.33. The van der Waals surface area contributed by atoms with E-state index in [0.29, 0.717) is 16.7 Å². The van der Waals surface area contributed by atoms with Crippen LogP contribution < -0.4 is 0 Å². The normalized spacial score (nSPS) is 16.0. The molecule has 1 aliphatic heterocycles. The fraction of sp³-hybridized carbons (Fsp3) is 0.381. The van der Waals surface area contributed by atoms with Crippen LogP contribution in [0.3, 0.4) is 0 Å². The lowest BCUT2D eigenvalue weighted by atomic mass is 9.85. The highest BCUT2D eigenvalue weighted by atomic mass is 16.1. The summed E-state index contributed by atoms with van der Waals surface area (Å²) in [7, 11) is 0. The van der Waals surface area contributed by atoms with Crippen LogP contribution >= 0.6 is 0 Å². The molecule has 0 saturated carbocycles. The zero-order chi connectivity index (χ0) is 18.3. The predicted octanol–water partition coefficient (Wildman–Crippen LogP) is 2.51. The summed E-state index contributed by atoms with van der Waals surface area (Å²) in [6, 6.07) is 7.24. The first-order valence-corrected chi connectivity index (χ1v) is 9.27. The number of fused-ring (bicyclic) bond motifs is 3. The van der Waals surface area contributed by atoms with Crippen molar-refractivity contribution in [2.75, 3.05) is 26.2 Å². The van der Waals surface area contributed by atoms with E-state index in [-0.39, 0.29) is 17.3 Å². The second-order valence-corrected chi connectivity index (χ2v) is 6.96. The maximum atomic E-state index is 12.8. The van der Waals surface area contributed by atoms with Gasteiger partial charge in [-0.3, -0.25) is 19.5 Å². The van der Waals surface area contributed by atoms with Crippen LogP contribution in [0.1, 0.15) is 56.9 Å². The summed E-state index contributed by atoms with van der Waals surface area (Å²) in [4.78, 5) is 34.5. The number of carbonyl (C=O) groups excluding carboxylic acids is 2. The van der Waals surface area contributed by atoms with Gasteiger partial charge in [-0.05, 0) is 48.5 Å².